The van der Waals surface area contributed by atoms with Crippen LogP contribution in [0.15, 0.2) is 41.8 Å². The molecular formula is C16H19N3OS. The number of hydrogen-bond donors (Lipinski definition) is 1. The molecule has 1 fully saturated rings. The van der Waals surface area contributed by atoms with E-state index in [4.69, 9.17) is 5.73 Å². The smallest absolute Gasteiger partial charge is 0.256 e. The quantitative estimate of drug-likeness (QED) is 0.885. The lowest BCUT2D eigenvalue weighted by Crippen LogP contribution is -2.48. The first-order chi connectivity index (χ1) is 10.2. The van der Waals surface area contributed by atoms with Crippen molar-refractivity contribution < 1.29 is 4.79 Å². The fourth-order valence-electron chi connectivity index (χ4n) is 2.59. The number of benzene rings is 1. The molecule has 0 bridgehead atoms. The Morgan fingerprint density at radius 1 is 1.10 bits per heavy atom. The van der Waals surface area contributed by atoms with Crippen LogP contribution in [0.2, 0.25) is 0 Å². The maximum Gasteiger partial charge on any atom is 0.256 e. The Hall–Kier alpha value is -1.85. The van der Waals surface area contributed by atoms with Gasteiger partial charge in [0.2, 0.25) is 0 Å². The molecule has 2 heterocycles. The van der Waals surface area contributed by atoms with Crippen LogP contribution in [0.1, 0.15) is 15.2 Å². The maximum atomic E-state index is 12.5. The molecule has 21 heavy (non-hydrogen) atoms. The summed E-state index contributed by atoms with van der Waals surface area (Å²) in [6.07, 6.45) is 0. The van der Waals surface area contributed by atoms with Gasteiger partial charge in [-0.2, -0.15) is 0 Å². The molecule has 4 nitrogen and oxygen atoms in total. The van der Waals surface area contributed by atoms with Crippen molar-refractivity contribution in [3.63, 3.8) is 0 Å². The van der Waals surface area contributed by atoms with Crippen molar-refractivity contribution in [3.8, 4) is 0 Å². The molecule has 0 atom stereocenters. The molecule has 1 aliphatic rings. The molecule has 5 heteroatoms. The summed E-state index contributed by atoms with van der Waals surface area (Å²) >= 11 is 1.78. The van der Waals surface area contributed by atoms with Crippen molar-refractivity contribution in [1.82, 2.24) is 9.80 Å². The Bertz CT molecular complexity index is 604. The van der Waals surface area contributed by atoms with E-state index in [2.05, 4.69) is 22.4 Å². The number of anilines is 1. The summed E-state index contributed by atoms with van der Waals surface area (Å²) in [5.41, 5.74) is 7.06. The topological polar surface area (TPSA) is 49.6 Å². The molecule has 1 aromatic carbocycles. The van der Waals surface area contributed by atoms with Gasteiger partial charge >= 0.3 is 0 Å². The Kier molecular flexibility index (Phi) is 4.22. The second kappa shape index (κ2) is 6.28. The van der Waals surface area contributed by atoms with Gasteiger partial charge < -0.3 is 10.6 Å². The molecule has 0 saturated carbocycles. The molecule has 1 saturated heterocycles. The van der Waals surface area contributed by atoms with Crippen LogP contribution in [0.5, 0.6) is 0 Å². The SMILES string of the molecule is Nc1ccccc1C(=O)N1CCN(Cc2cccs2)CC1. The maximum absolute atomic E-state index is 12.5. The van der Waals surface area contributed by atoms with Crippen molar-refractivity contribution in [1.29, 1.82) is 0 Å². The van der Waals surface area contributed by atoms with Gasteiger partial charge in [0, 0.05) is 43.3 Å². The van der Waals surface area contributed by atoms with Crippen LogP contribution in [0, 0.1) is 0 Å². The lowest BCUT2D eigenvalue weighted by Gasteiger charge is -2.34. The molecule has 3 rings (SSSR count). The number of rotatable bonds is 3. The van der Waals surface area contributed by atoms with E-state index < -0.39 is 0 Å². The van der Waals surface area contributed by atoms with E-state index in [1.54, 1.807) is 23.5 Å². The van der Waals surface area contributed by atoms with E-state index in [0.29, 0.717) is 11.3 Å². The highest BCUT2D eigenvalue weighted by atomic mass is 32.1. The Labute approximate surface area is 128 Å². The lowest BCUT2D eigenvalue weighted by molar-refractivity contribution is 0.0630. The van der Waals surface area contributed by atoms with E-state index >= 15 is 0 Å². The van der Waals surface area contributed by atoms with Gasteiger partial charge in [0.25, 0.3) is 5.91 Å². The summed E-state index contributed by atoms with van der Waals surface area (Å²) in [6, 6.07) is 11.5. The molecule has 0 spiro atoms. The van der Waals surface area contributed by atoms with Crippen LogP contribution in [0.25, 0.3) is 0 Å². The first-order valence-electron chi connectivity index (χ1n) is 7.12. The van der Waals surface area contributed by atoms with Crippen LogP contribution in [-0.2, 0) is 6.54 Å². The van der Waals surface area contributed by atoms with Crippen LogP contribution in [-0.4, -0.2) is 41.9 Å². The molecule has 2 N–H and O–H groups in total. The van der Waals surface area contributed by atoms with Gasteiger partial charge in [0.1, 0.15) is 0 Å². The summed E-state index contributed by atoms with van der Waals surface area (Å²) in [7, 11) is 0. The summed E-state index contributed by atoms with van der Waals surface area (Å²) in [6.45, 7) is 4.33. The lowest BCUT2D eigenvalue weighted by atomic mass is 10.1. The van der Waals surface area contributed by atoms with Gasteiger partial charge in [-0.1, -0.05) is 18.2 Å². The van der Waals surface area contributed by atoms with E-state index in [1.807, 2.05) is 17.0 Å². The number of amides is 1. The zero-order chi connectivity index (χ0) is 14.7. The third kappa shape index (κ3) is 3.25. The Morgan fingerprint density at radius 3 is 2.52 bits per heavy atom. The first-order valence-corrected chi connectivity index (χ1v) is 8.00. The molecule has 0 aliphatic carbocycles. The molecule has 2 aromatic rings. The van der Waals surface area contributed by atoms with Crippen LogP contribution in [0.4, 0.5) is 5.69 Å². The summed E-state index contributed by atoms with van der Waals surface area (Å²) < 4.78 is 0. The predicted octanol–water partition coefficient (Wildman–Crippen LogP) is 2.29. The summed E-state index contributed by atoms with van der Waals surface area (Å²) in [4.78, 5) is 18.1. The Morgan fingerprint density at radius 2 is 1.86 bits per heavy atom. The summed E-state index contributed by atoms with van der Waals surface area (Å²) in [5, 5.41) is 2.10. The standard InChI is InChI=1S/C16H19N3OS/c17-15-6-2-1-5-14(15)16(20)19-9-7-18(8-10-19)12-13-4-3-11-21-13/h1-6,11H,7-10,12,17H2. The largest absolute Gasteiger partial charge is 0.398 e. The van der Waals surface area contributed by atoms with Crippen molar-refractivity contribution in [2.75, 3.05) is 31.9 Å². The van der Waals surface area contributed by atoms with Gasteiger partial charge in [0.05, 0.1) is 5.56 Å². The number of carbonyl (C=O) groups is 1. The highest BCUT2D eigenvalue weighted by molar-refractivity contribution is 7.09. The molecular weight excluding hydrogens is 282 g/mol. The first kappa shape index (κ1) is 14.1. The Balaban J connectivity index is 1.58. The molecule has 1 amide bonds. The van der Waals surface area contributed by atoms with E-state index in [-0.39, 0.29) is 5.91 Å². The average molecular weight is 301 g/mol. The van der Waals surface area contributed by atoms with Crippen molar-refractivity contribution in [2.24, 2.45) is 0 Å². The number of para-hydroxylation sites is 1. The van der Waals surface area contributed by atoms with Crippen LogP contribution in [0.3, 0.4) is 0 Å². The van der Waals surface area contributed by atoms with E-state index in [1.165, 1.54) is 4.88 Å². The van der Waals surface area contributed by atoms with Gasteiger partial charge in [0.15, 0.2) is 0 Å². The van der Waals surface area contributed by atoms with Crippen LogP contribution >= 0.6 is 11.3 Å². The van der Waals surface area contributed by atoms with E-state index in [0.717, 1.165) is 32.7 Å². The van der Waals surface area contributed by atoms with E-state index in [9.17, 15) is 4.79 Å². The second-order valence-corrected chi connectivity index (χ2v) is 6.27. The van der Waals surface area contributed by atoms with Crippen molar-refractivity contribution >= 4 is 22.9 Å². The molecule has 1 aromatic heterocycles. The zero-order valence-corrected chi connectivity index (χ0v) is 12.7. The number of carbonyl (C=O) groups excluding carboxylic acids is 1. The zero-order valence-electron chi connectivity index (χ0n) is 11.9. The number of nitrogens with two attached hydrogens (primary N) is 1. The second-order valence-electron chi connectivity index (χ2n) is 5.23. The number of hydrogen-bond acceptors (Lipinski definition) is 4. The molecule has 1 aliphatic heterocycles. The summed E-state index contributed by atoms with van der Waals surface area (Å²) in [5.74, 6) is 0.0453. The third-order valence-electron chi connectivity index (χ3n) is 3.81. The van der Waals surface area contributed by atoms with Gasteiger partial charge in [-0.3, -0.25) is 9.69 Å². The highest BCUT2D eigenvalue weighted by Crippen LogP contribution is 2.17. The molecule has 0 radical (unpaired) electrons. The fraction of sp³-hybridized carbons (Fsp3) is 0.312. The molecule has 110 valence electrons. The van der Waals surface area contributed by atoms with Crippen molar-refractivity contribution in [2.45, 2.75) is 6.54 Å². The normalized spacial score (nSPS) is 16.1. The monoisotopic (exact) mass is 301 g/mol. The average Bonchev–Trinajstić information content (AvgIpc) is 3.01. The van der Waals surface area contributed by atoms with Gasteiger partial charge in [-0.15, -0.1) is 11.3 Å². The minimum Gasteiger partial charge on any atom is -0.398 e. The third-order valence-corrected chi connectivity index (χ3v) is 4.67. The fourth-order valence-corrected chi connectivity index (χ4v) is 3.34. The number of nitrogen functional groups attached to an aromatic ring is 1. The minimum absolute atomic E-state index is 0.0453. The number of nitrogens with zero attached hydrogens (tertiary/aromatic N) is 2. The van der Waals surface area contributed by atoms with Crippen molar-refractivity contribution in [3.05, 3.63) is 52.2 Å². The predicted molar refractivity (Wildman–Crippen MR) is 86.4 cm³/mol. The van der Waals surface area contributed by atoms with Crippen LogP contribution < -0.4 is 5.73 Å². The highest BCUT2D eigenvalue weighted by Gasteiger charge is 2.23. The number of thiophene rings is 1. The minimum atomic E-state index is 0.0453. The number of piperazine rings is 1. The van der Waals surface area contributed by atoms with Gasteiger partial charge in [-0.25, -0.2) is 0 Å². The van der Waals surface area contributed by atoms with Gasteiger partial charge in [-0.05, 0) is 23.6 Å². The molecule has 0 unspecified atom stereocenters.